The van der Waals surface area contributed by atoms with Gasteiger partial charge in [0.05, 0.1) is 11.2 Å². The van der Waals surface area contributed by atoms with Crippen LogP contribution >= 0.6 is 0 Å². The molecule has 10 heteroatoms. The van der Waals surface area contributed by atoms with Crippen LogP contribution in [0.5, 0.6) is 11.5 Å². The molecule has 0 aliphatic carbocycles. The monoisotopic (exact) mass is 934 g/mol. The van der Waals surface area contributed by atoms with E-state index in [-0.39, 0.29) is 24.0 Å². The highest BCUT2D eigenvalue weighted by atomic mass is 16.5. The number of aryl methyl sites for hydroxylation is 4. The fourth-order valence-electron chi connectivity index (χ4n) is 8.97. The molecule has 0 saturated heterocycles. The van der Waals surface area contributed by atoms with Gasteiger partial charge in [0, 0.05) is 10.8 Å². The number of aliphatic hydroxyl groups is 2. The molecule has 0 aliphatic heterocycles. The minimum Gasteiger partial charge on any atom is -0.484 e. The number of carbonyl (C=O) groups is 3. The third-order valence-electron chi connectivity index (χ3n) is 14.3. The van der Waals surface area contributed by atoms with Crippen molar-refractivity contribution >= 4 is 30.0 Å². The van der Waals surface area contributed by atoms with E-state index in [0.29, 0.717) is 37.2 Å². The van der Waals surface area contributed by atoms with Crippen LogP contribution in [0.4, 0.5) is 0 Å². The second-order valence-corrected chi connectivity index (χ2v) is 18.1. The number of benzene rings is 4. The quantitative estimate of drug-likeness (QED) is 0.0460. The summed E-state index contributed by atoms with van der Waals surface area (Å²) in [5.74, 6) is -1.35. The van der Waals surface area contributed by atoms with E-state index in [1.54, 1.807) is 0 Å². The molecule has 68 heavy (non-hydrogen) atoms. The van der Waals surface area contributed by atoms with E-state index in [9.17, 15) is 24.6 Å². The van der Waals surface area contributed by atoms with E-state index in [1.807, 2.05) is 78.0 Å². The number of amides is 1. The van der Waals surface area contributed by atoms with E-state index >= 15 is 0 Å². The lowest BCUT2D eigenvalue weighted by Crippen LogP contribution is -2.33. The van der Waals surface area contributed by atoms with Gasteiger partial charge in [-0.1, -0.05) is 140 Å². The lowest BCUT2D eigenvalue weighted by Gasteiger charge is -2.34. The summed E-state index contributed by atoms with van der Waals surface area (Å²) in [6, 6.07) is 25.3. The van der Waals surface area contributed by atoms with Gasteiger partial charge >= 0.3 is 11.9 Å². The zero-order valence-electron chi connectivity index (χ0n) is 42.8. The van der Waals surface area contributed by atoms with Crippen molar-refractivity contribution in [2.24, 2.45) is 0 Å². The first-order chi connectivity index (χ1) is 32.2. The smallest absolute Gasteiger partial charge is 0.341 e. The van der Waals surface area contributed by atoms with Crippen LogP contribution in [0.25, 0.3) is 12.2 Å². The summed E-state index contributed by atoms with van der Waals surface area (Å²) in [4.78, 5) is 33.3. The van der Waals surface area contributed by atoms with Crippen LogP contribution in [0.15, 0.2) is 84.9 Å². The van der Waals surface area contributed by atoms with Gasteiger partial charge in [-0.25, -0.2) is 4.79 Å². The largest absolute Gasteiger partial charge is 0.484 e. The van der Waals surface area contributed by atoms with Gasteiger partial charge in [0.25, 0.3) is 5.91 Å². The van der Waals surface area contributed by atoms with Gasteiger partial charge in [-0.05, 0) is 147 Å². The summed E-state index contributed by atoms with van der Waals surface area (Å²) in [5.41, 5.74) is 9.43. The van der Waals surface area contributed by atoms with Crippen molar-refractivity contribution in [1.82, 2.24) is 5.32 Å². The maximum absolute atomic E-state index is 11.8. The van der Waals surface area contributed by atoms with Gasteiger partial charge < -0.3 is 35.2 Å². The summed E-state index contributed by atoms with van der Waals surface area (Å²) in [6.07, 6.45) is 14.3. The first-order valence-corrected chi connectivity index (χ1v) is 24.4. The molecule has 5 N–H and O–H groups in total. The van der Waals surface area contributed by atoms with Crippen LogP contribution in [0.3, 0.4) is 0 Å². The van der Waals surface area contributed by atoms with Crippen LogP contribution in [0.2, 0.25) is 0 Å². The van der Waals surface area contributed by atoms with Crippen LogP contribution < -0.4 is 14.8 Å². The van der Waals surface area contributed by atoms with Gasteiger partial charge in [-0.15, -0.1) is 0 Å². The molecule has 4 aromatic carbocycles. The van der Waals surface area contributed by atoms with Crippen molar-refractivity contribution in [3.05, 3.63) is 141 Å². The third-order valence-corrected chi connectivity index (χ3v) is 14.3. The number of nitrogens with one attached hydrogen (secondary N) is 1. The Labute approximate surface area is 406 Å². The topological polar surface area (TPSA) is 163 Å². The summed E-state index contributed by atoms with van der Waals surface area (Å²) < 4.78 is 11.1. The fourth-order valence-corrected chi connectivity index (χ4v) is 8.97. The summed E-state index contributed by atoms with van der Waals surface area (Å²) >= 11 is 0. The predicted molar refractivity (Wildman–Crippen MR) is 276 cm³/mol. The Hall–Kier alpha value is -5.71. The zero-order chi connectivity index (χ0) is 50.9. The van der Waals surface area contributed by atoms with Gasteiger partial charge in [0.1, 0.15) is 18.0 Å². The minimum atomic E-state index is -1.10. The average Bonchev–Trinajstić information content (AvgIpc) is 3.33. The predicted octanol–water partition coefficient (Wildman–Crippen LogP) is 12.0. The maximum atomic E-state index is 11.8. The fraction of sp³-hybridized carbons (Fsp3) is 0.466. The average molecular weight is 934 g/mol. The minimum absolute atomic E-state index is 0.142. The van der Waals surface area contributed by atoms with Crippen LogP contribution in [0.1, 0.15) is 162 Å². The first kappa shape index (κ1) is 56.6. The SMILES string of the molecule is CCC(O)(/C=C/c1ccc(C(CC)(CC)c2ccc(OCC(=O)NCC(=O)O)c(C)c2)cc1C)CC.CCC(O)(/C=C/c1ccc(C(CC)(CC)c2ccc(OCC(=O)O)c(C)c2)cc1C)CC. The molecule has 4 aromatic rings. The number of carbonyl (C=O) groups excluding carboxylic acids is 1. The number of carboxylic acids is 2. The molecule has 370 valence electrons. The van der Waals surface area contributed by atoms with Crippen molar-refractivity contribution in [1.29, 1.82) is 0 Å². The first-order valence-electron chi connectivity index (χ1n) is 24.4. The Morgan fingerprint density at radius 3 is 1.12 bits per heavy atom. The van der Waals surface area contributed by atoms with E-state index < -0.39 is 35.6 Å². The number of ether oxygens (including phenoxy) is 2. The Balaban J connectivity index is 0.000000363. The second-order valence-electron chi connectivity index (χ2n) is 18.1. The number of hydrogen-bond donors (Lipinski definition) is 5. The molecule has 10 nitrogen and oxygen atoms in total. The van der Waals surface area contributed by atoms with Gasteiger partial charge in [0.15, 0.2) is 13.2 Å². The highest BCUT2D eigenvalue weighted by Crippen LogP contribution is 2.43. The molecule has 0 atom stereocenters. The molecule has 0 saturated carbocycles. The third kappa shape index (κ3) is 14.4. The molecule has 0 spiro atoms. The molecular formula is C58H79NO9. The molecule has 4 rings (SSSR count). The molecule has 0 aromatic heterocycles. The van der Waals surface area contributed by atoms with E-state index in [0.717, 1.165) is 53.5 Å². The maximum Gasteiger partial charge on any atom is 0.341 e. The second kappa shape index (κ2) is 25.6. The van der Waals surface area contributed by atoms with Crippen molar-refractivity contribution in [3.8, 4) is 11.5 Å². The van der Waals surface area contributed by atoms with E-state index in [2.05, 4.69) is 108 Å². The zero-order valence-corrected chi connectivity index (χ0v) is 42.8. The molecule has 0 radical (unpaired) electrons. The number of rotatable bonds is 24. The normalized spacial score (nSPS) is 12.2. The van der Waals surface area contributed by atoms with Gasteiger partial charge in [0.2, 0.25) is 0 Å². The lowest BCUT2D eigenvalue weighted by molar-refractivity contribution is -0.139. The van der Waals surface area contributed by atoms with Crippen LogP contribution in [-0.4, -0.2) is 69.2 Å². The Kier molecular flexibility index (Phi) is 21.3. The van der Waals surface area contributed by atoms with E-state index in [1.165, 1.54) is 27.8 Å². The van der Waals surface area contributed by atoms with Gasteiger partial charge in [-0.2, -0.15) is 0 Å². The number of aliphatic carboxylic acids is 2. The Morgan fingerprint density at radius 1 is 0.485 bits per heavy atom. The van der Waals surface area contributed by atoms with Crippen LogP contribution in [-0.2, 0) is 25.2 Å². The standard InChI is InChI=1S/C30H41NO5.C28H38O4/c1-7-29(35,8-2)16-15-23-11-12-24(17-21(23)5)30(9-3,10-4)25-13-14-26(22(6)18-25)36-20-27(32)31-19-28(33)34;1-7-27(31,8-2)16-15-22-11-12-23(17-20(22)5)28(9-3,10-4)24-13-14-25(21(6)18-24)32-19-26(29)30/h11-18,35H,7-10,19-20H2,1-6H3,(H,31,32)(H,33,34);11-18,31H,7-10,19H2,1-6H3,(H,29,30)/b2*16-15+. The molecule has 0 heterocycles. The Morgan fingerprint density at radius 2 is 0.824 bits per heavy atom. The summed E-state index contributed by atoms with van der Waals surface area (Å²) in [7, 11) is 0. The highest BCUT2D eigenvalue weighted by Gasteiger charge is 2.33. The van der Waals surface area contributed by atoms with Crippen molar-refractivity contribution < 1.29 is 44.3 Å². The molecule has 0 fully saturated rings. The van der Waals surface area contributed by atoms with Crippen molar-refractivity contribution in [2.75, 3.05) is 19.8 Å². The summed E-state index contributed by atoms with van der Waals surface area (Å²) in [6.45, 7) is 23.9. The molecular weight excluding hydrogens is 855 g/mol. The van der Waals surface area contributed by atoms with Gasteiger partial charge in [-0.3, -0.25) is 9.59 Å². The number of hydrogen-bond acceptors (Lipinski definition) is 7. The number of carboxylic acid groups (broad SMARTS) is 2. The van der Waals surface area contributed by atoms with E-state index in [4.69, 9.17) is 19.7 Å². The van der Waals surface area contributed by atoms with Crippen molar-refractivity contribution in [3.63, 3.8) is 0 Å². The molecule has 1 amide bonds. The Bertz CT molecular complexity index is 2360. The highest BCUT2D eigenvalue weighted by molar-refractivity contribution is 5.82. The molecule has 0 unspecified atom stereocenters. The summed E-state index contributed by atoms with van der Waals surface area (Å²) in [5, 5.41) is 41.1. The van der Waals surface area contributed by atoms with Crippen molar-refractivity contribution in [2.45, 2.75) is 156 Å². The van der Waals surface area contributed by atoms with Crippen LogP contribution in [0, 0.1) is 27.7 Å². The molecule has 0 aliphatic rings. The molecule has 0 bridgehead atoms. The lowest BCUT2D eigenvalue weighted by atomic mass is 9.70.